The van der Waals surface area contributed by atoms with Crippen LogP contribution in [0.15, 0.2) is 12.1 Å². The molecule has 5 heteroatoms. The Morgan fingerprint density at radius 2 is 1.90 bits per heavy atom. The average Bonchev–Trinajstić information content (AvgIpc) is 2.39. The highest BCUT2D eigenvalue weighted by molar-refractivity contribution is 5.72. The number of anilines is 2. The smallest absolute Gasteiger partial charge is 0.162 e. The summed E-state index contributed by atoms with van der Waals surface area (Å²) < 4.78 is 16.3. The minimum atomic E-state index is -0.0960. The lowest BCUT2D eigenvalue weighted by Crippen LogP contribution is -2.40. The molecule has 1 aromatic carbocycles. The largest absolute Gasteiger partial charge is 0.493 e. The summed E-state index contributed by atoms with van der Waals surface area (Å²) in [6, 6.07) is 4.02. The fourth-order valence-electron chi connectivity index (χ4n) is 2.59. The van der Waals surface area contributed by atoms with E-state index in [4.69, 9.17) is 19.9 Å². The molecule has 0 aromatic heterocycles. The molecule has 0 radical (unpaired) electrons. The van der Waals surface area contributed by atoms with Gasteiger partial charge in [0.25, 0.3) is 0 Å². The van der Waals surface area contributed by atoms with Crippen LogP contribution in [0.5, 0.6) is 11.5 Å². The lowest BCUT2D eigenvalue weighted by atomic mass is 9.93. The van der Waals surface area contributed by atoms with Gasteiger partial charge < -0.3 is 25.3 Å². The number of hydrogen-bond acceptors (Lipinski definition) is 5. The number of nitrogen functional groups attached to an aromatic ring is 1. The molecule has 0 spiro atoms. The molecule has 2 rings (SSSR count). The molecule has 3 N–H and O–H groups in total. The molecule has 1 unspecified atom stereocenters. The fraction of sp³-hybridized carbons (Fsp3) is 0.600. The molecule has 5 nitrogen and oxygen atoms in total. The van der Waals surface area contributed by atoms with E-state index in [-0.39, 0.29) is 5.60 Å². The van der Waals surface area contributed by atoms with Gasteiger partial charge in [-0.25, -0.2) is 0 Å². The molecule has 0 amide bonds. The van der Waals surface area contributed by atoms with Crippen LogP contribution in [0.2, 0.25) is 0 Å². The Kier molecular flexibility index (Phi) is 4.28. The van der Waals surface area contributed by atoms with Crippen LogP contribution < -0.4 is 20.5 Å². The van der Waals surface area contributed by atoms with Crippen molar-refractivity contribution >= 4 is 11.4 Å². The maximum absolute atomic E-state index is 6.08. The lowest BCUT2D eigenvalue weighted by Gasteiger charge is -2.36. The Bertz CT molecular complexity index is 474. The van der Waals surface area contributed by atoms with Gasteiger partial charge in [-0.15, -0.1) is 0 Å². The van der Waals surface area contributed by atoms with E-state index in [0.717, 1.165) is 25.1 Å². The molecule has 1 fully saturated rings. The highest BCUT2D eigenvalue weighted by Gasteiger charge is 2.29. The minimum absolute atomic E-state index is 0.0960. The van der Waals surface area contributed by atoms with Crippen LogP contribution in [0.1, 0.15) is 26.7 Å². The Balaban J connectivity index is 2.16. The first kappa shape index (κ1) is 14.8. The number of nitrogens with one attached hydrogen (secondary N) is 1. The second kappa shape index (κ2) is 5.79. The van der Waals surface area contributed by atoms with Crippen LogP contribution in [-0.4, -0.2) is 32.5 Å². The first-order valence-corrected chi connectivity index (χ1v) is 6.87. The van der Waals surface area contributed by atoms with Crippen molar-refractivity contribution in [2.45, 2.75) is 38.3 Å². The van der Waals surface area contributed by atoms with Gasteiger partial charge in [-0.2, -0.15) is 0 Å². The van der Waals surface area contributed by atoms with Crippen LogP contribution in [0, 0.1) is 0 Å². The summed E-state index contributed by atoms with van der Waals surface area (Å²) in [5.74, 6) is 1.32. The number of methoxy groups -OCH3 is 2. The number of hydrogen-bond donors (Lipinski definition) is 2. The predicted octanol–water partition coefficient (Wildman–Crippen LogP) is 2.66. The Morgan fingerprint density at radius 3 is 2.50 bits per heavy atom. The van der Waals surface area contributed by atoms with Crippen LogP contribution >= 0.6 is 0 Å². The molecule has 20 heavy (non-hydrogen) atoms. The van der Waals surface area contributed by atoms with Crippen molar-refractivity contribution in [3.05, 3.63) is 12.1 Å². The van der Waals surface area contributed by atoms with Crippen molar-refractivity contribution in [3.63, 3.8) is 0 Å². The molecule has 0 aliphatic carbocycles. The first-order valence-electron chi connectivity index (χ1n) is 6.87. The summed E-state index contributed by atoms with van der Waals surface area (Å²) >= 11 is 0. The summed E-state index contributed by atoms with van der Waals surface area (Å²) in [5.41, 5.74) is 7.52. The highest BCUT2D eigenvalue weighted by atomic mass is 16.5. The summed E-state index contributed by atoms with van der Waals surface area (Å²) in [5, 5.41) is 3.49. The zero-order valence-corrected chi connectivity index (χ0v) is 12.7. The van der Waals surface area contributed by atoms with E-state index in [2.05, 4.69) is 19.2 Å². The first-order chi connectivity index (χ1) is 9.45. The van der Waals surface area contributed by atoms with Gasteiger partial charge in [0, 0.05) is 24.8 Å². The quantitative estimate of drug-likeness (QED) is 0.830. The standard InChI is InChI=1S/C15H24N2O3/c1-15(2)9-10(5-6-20-15)17-12-8-14(19-4)13(18-3)7-11(12)16/h7-8,10,17H,5-6,9,16H2,1-4H3. The Labute approximate surface area is 120 Å². The van der Waals surface area contributed by atoms with Gasteiger partial charge >= 0.3 is 0 Å². The summed E-state index contributed by atoms with van der Waals surface area (Å²) in [7, 11) is 3.22. The van der Waals surface area contributed by atoms with Gasteiger partial charge in [-0.05, 0) is 26.7 Å². The molecule has 0 bridgehead atoms. The molecule has 1 heterocycles. The zero-order valence-electron chi connectivity index (χ0n) is 12.7. The van der Waals surface area contributed by atoms with Crippen molar-refractivity contribution in [2.75, 3.05) is 31.9 Å². The molecule has 1 atom stereocenters. The van der Waals surface area contributed by atoms with Crippen molar-refractivity contribution in [3.8, 4) is 11.5 Å². The molecule has 1 aliphatic rings. The molecular formula is C15H24N2O3. The van der Waals surface area contributed by atoms with E-state index in [1.807, 2.05) is 6.07 Å². The molecule has 112 valence electrons. The normalized spacial score (nSPS) is 21.3. The van der Waals surface area contributed by atoms with Gasteiger partial charge in [-0.1, -0.05) is 0 Å². The summed E-state index contributed by atoms with van der Waals surface area (Å²) in [6.45, 7) is 4.98. The van der Waals surface area contributed by atoms with Gasteiger partial charge in [0.2, 0.25) is 0 Å². The third kappa shape index (κ3) is 3.28. The molecule has 1 aromatic rings. The van der Waals surface area contributed by atoms with Crippen LogP contribution in [0.25, 0.3) is 0 Å². The summed E-state index contributed by atoms with van der Waals surface area (Å²) in [4.78, 5) is 0. The number of ether oxygens (including phenoxy) is 3. The van der Waals surface area contributed by atoms with E-state index < -0.39 is 0 Å². The number of benzene rings is 1. The average molecular weight is 280 g/mol. The van der Waals surface area contributed by atoms with E-state index in [1.165, 1.54) is 0 Å². The Morgan fingerprint density at radius 1 is 1.25 bits per heavy atom. The van der Waals surface area contributed by atoms with Crippen molar-refractivity contribution in [1.29, 1.82) is 0 Å². The van der Waals surface area contributed by atoms with Crippen LogP contribution in [-0.2, 0) is 4.74 Å². The fourth-order valence-corrected chi connectivity index (χ4v) is 2.59. The van der Waals surface area contributed by atoms with Crippen LogP contribution in [0.3, 0.4) is 0 Å². The highest BCUT2D eigenvalue weighted by Crippen LogP contribution is 2.36. The number of nitrogens with two attached hydrogens (primary N) is 1. The van der Waals surface area contributed by atoms with Crippen molar-refractivity contribution in [2.24, 2.45) is 0 Å². The second-order valence-electron chi connectivity index (χ2n) is 5.74. The van der Waals surface area contributed by atoms with E-state index in [0.29, 0.717) is 23.2 Å². The Hall–Kier alpha value is -1.62. The molecular weight excluding hydrogens is 256 g/mol. The zero-order chi connectivity index (χ0) is 14.8. The molecule has 0 saturated carbocycles. The second-order valence-corrected chi connectivity index (χ2v) is 5.74. The lowest BCUT2D eigenvalue weighted by molar-refractivity contribution is -0.0553. The monoisotopic (exact) mass is 280 g/mol. The SMILES string of the molecule is COc1cc(N)c(NC2CCOC(C)(C)C2)cc1OC. The van der Waals surface area contributed by atoms with Crippen molar-refractivity contribution < 1.29 is 14.2 Å². The predicted molar refractivity (Wildman–Crippen MR) is 80.6 cm³/mol. The maximum atomic E-state index is 6.08. The minimum Gasteiger partial charge on any atom is -0.493 e. The van der Waals surface area contributed by atoms with Gasteiger partial charge in [0.15, 0.2) is 11.5 Å². The third-order valence-electron chi connectivity index (χ3n) is 3.61. The summed E-state index contributed by atoms with van der Waals surface area (Å²) in [6.07, 6.45) is 1.91. The van der Waals surface area contributed by atoms with E-state index >= 15 is 0 Å². The van der Waals surface area contributed by atoms with Gasteiger partial charge in [-0.3, -0.25) is 0 Å². The maximum Gasteiger partial charge on any atom is 0.162 e. The molecule has 1 saturated heterocycles. The van der Waals surface area contributed by atoms with E-state index in [9.17, 15) is 0 Å². The molecule has 1 aliphatic heterocycles. The third-order valence-corrected chi connectivity index (χ3v) is 3.61. The van der Waals surface area contributed by atoms with Crippen molar-refractivity contribution in [1.82, 2.24) is 0 Å². The van der Waals surface area contributed by atoms with E-state index in [1.54, 1.807) is 20.3 Å². The van der Waals surface area contributed by atoms with Crippen LogP contribution in [0.4, 0.5) is 11.4 Å². The topological polar surface area (TPSA) is 65.7 Å². The van der Waals surface area contributed by atoms with Gasteiger partial charge in [0.05, 0.1) is 31.2 Å². The van der Waals surface area contributed by atoms with Gasteiger partial charge in [0.1, 0.15) is 0 Å². The number of rotatable bonds is 4.